The highest BCUT2D eigenvalue weighted by atomic mass is 35.5. The van der Waals surface area contributed by atoms with E-state index in [9.17, 15) is 0 Å². The van der Waals surface area contributed by atoms with Crippen LogP contribution in [0.5, 0.6) is 5.75 Å². The van der Waals surface area contributed by atoms with Crippen molar-refractivity contribution in [3.05, 3.63) is 23.5 Å². The van der Waals surface area contributed by atoms with Gasteiger partial charge < -0.3 is 4.74 Å². The van der Waals surface area contributed by atoms with Gasteiger partial charge >= 0.3 is 0 Å². The maximum Gasteiger partial charge on any atom is 0.132 e. The lowest BCUT2D eigenvalue weighted by Gasteiger charge is -2.03. The van der Waals surface area contributed by atoms with E-state index in [0.29, 0.717) is 5.15 Å². The highest BCUT2D eigenvalue weighted by Gasteiger charge is 2.21. The van der Waals surface area contributed by atoms with E-state index in [1.54, 1.807) is 12.3 Å². The van der Waals surface area contributed by atoms with Gasteiger partial charge in [-0.3, -0.25) is 0 Å². The molecule has 0 aromatic carbocycles. The van der Waals surface area contributed by atoms with Crippen LogP contribution in [0.1, 0.15) is 12.8 Å². The molecule has 1 aliphatic carbocycles. The molecule has 2 nitrogen and oxygen atoms in total. The normalized spacial score (nSPS) is 16.1. The highest BCUT2D eigenvalue weighted by molar-refractivity contribution is 6.29. The number of nitrogens with zero attached hydrogens (tertiary/aromatic N) is 1. The first-order chi connectivity index (χ1) is 5.84. The SMILES string of the molecule is Clc1cc(OCC2CC2)ccn1. The minimum absolute atomic E-state index is 0.489. The van der Waals surface area contributed by atoms with Crippen LogP contribution >= 0.6 is 11.6 Å². The van der Waals surface area contributed by atoms with Crippen molar-refractivity contribution in [1.82, 2.24) is 4.98 Å². The van der Waals surface area contributed by atoms with E-state index in [2.05, 4.69) is 4.98 Å². The van der Waals surface area contributed by atoms with Crippen LogP contribution in [0.2, 0.25) is 5.15 Å². The van der Waals surface area contributed by atoms with Gasteiger partial charge in [-0.25, -0.2) is 4.98 Å². The van der Waals surface area contributed by atoms with Crippen LogP contribution in [-0.4, -0.2) is 11.6 Å². The number of aromatic nitrogens is 1. The van der Waals surface area contributed by atoms with E-state index in [1.807, 2.05) is 6.07 Å². The van der Waals surface area contributed by atoms with Gasteiger partial charge in [0.05, 0.1) is 6.61 Å². The summed E-state index contributed by atoms with van der Waals surface area (Å²) in [5.41, 5.74) is 0. The van der Waals surface area contributed by atoms with E-state index in [0.717, 1.165) is 18.3 Å². The number of pyridine rings is 1. The zero-order valence-electron chi connectivity index (χ0n) is 6.66. The molecule has 1 aromatic heterocycles. The Kier molecular flexibility index (Phi) is 2.17. The summed E-state index contributed by atoms with van der Waals surface area (Å²) in [4.78, 5) is 3.87. The van der Waals surface area contributed by atoms with Gasteiger partial charge in [-0.2, -0.15) is 0 Å². The average Bonchev–Trinajstić information content (AvgIpc) is 2.84. The lowest BCUT2D eigenvalue weighted by Crippen LogP contribution is -1.98. The van der Waals surface area contributed by atoms with Gasteiger partial charge in [0.15, 0.2) is 0 Å². The summed E-state index contributed by atoms with van der Waals surface area (Å²) < 4.78 is 5.49. The van der Waals surface area contributed by atoms with E-state index >= 15 is 0 Å². The number of rotatable bonds is 3. The molecule has 64 valence electrons. The van der Waals surface area contributed by atoms with Gasteiger partial charge in [0.2, 0.25) is 0 Å². The van der Waals surface area contributed by atoms with Crippen LogP contribution in [0.4, 0.5) is 0 Å². The average molecular weight is 184 g/mol. The molecule has 1 aliphatic rings. The Labute approximate surface area is 76.5 Å². The molecule has 1 aromatic rings. The van der Waals surface area contributed by atoms with Crippen molar-refractivity contribution in [2.24, 2.45) is 5.92 Å². The van der Waals surface area contributed by atoms with Crippen molar-refractivity contribution in [2.75, 3.05) is 6.61 Å². The molecule has 2 rings (SSSR count). The summed E-state index contributed by atoms with van der Waals surface area (Å²) in [6.07, 6.45) is 4.27. The first-order valence-electron chi connectivity index (χ1n) is 4.09. The fourth-order valence-corrected chi connectivity index (χ4v) is 1.14. The van der Waals surface area contributed by atoms with Crippen LogP contribution in [-0.2, 0) is 0 Å². The largest absolute Gasteiger partial charge is 0.493 e. The molecule has 0 amide bonds. The quantitative estimate of drug-likeness (QED) is 0.672. The lowest BCUT2D eigenvalue weighted by atomic mass is 10.4. The number of halogens is 1. The first-order valence-corrected chi connectivity index (χ1v) is 4.47. The van der Waals surface area contributed by atoms with Gasteiger partial charge in [0.1, 0.15) is 10.9 Å². The van der Waals surface area contributed by atoms with Crippen LogP contribution in [0.3, 0.4) is 0 Å². The number of hydrogen-bond donors (Lipinski definition) is 0. The second-order valence-corrected chi connectivity index (χ2v) is 3.46. The number of hydrogen-bond acceptors (Lipinski definition) is 2. The maximum absolute atomic E-state index is 5.68. The van der Waals surface area contributed by atoms with Crippen LogP contribution in [0, 0.1) is 5.92 Å². The van der Waals surface area contributed by atoms with Crippen molar-refractivity contribution in [3.8, 4) is 5.75 Å². The van der Waals surface area contributed by atoms with Crippen molar-refractivity contribution in [1.29, 1.82) is 0 Å². The zero-order chi connectivity index (χ0) is 8.39. The van der Waals surface area contributed by atoms with Crippen molar-refractivity contribution in [3.63, 3.8) is 0 Å². The van der Waals surface area contributed by atoms with Crippen molar-refractivity contribution < 1.29 is 4.74 Å². The monoisotopic (exact) mass is 183 g/mol. The Morgan fingerprint density at radius 3 is 3.08 bits per heavy atom. The molecule has 1 heterocycles. The van der Waals surface area contributed by atoms with Gasteiger partial charge in [-0.1, -0.05) is 11.6 Å². The van der Waals surface area contributed by atoms with E-state index in [4.69, 9.17) is 16.3 Å². The summed E-state index contributed by atoms with van der Waals surface area (Å²) in [6, 6.07) is 3.57. The molecule has 0 radical (unpaired) electrons. The Morgan fingerprint density at radius 1 is 1.58 bits per heavy atom. The summed E-state index contributed by atoms with van der Waals surface area (Å²) >= 11 is 5.68. The predicted octanol–water partition coefficient (Wildman–Crippen LogP) is 2.52. The minimum atomic E-state index is 0.489. The van der Waals surface area contributed by atoms with Crippen LogP contribution < -0.4 is 4.74 Å². The summed E-state index contributed by atoms with van der Waals surface area (Å²) in [6.45, 7) is 0.820. The second-order valence-electron chi connectivity index (χ2n) is 3.07. The Bertz CT molecular complexity index is 273. The molecular formula is C9H10ClNO. The summed E-state index contributed by atoms with van der Waals surface area (Å²) in [5.74, 6) is 1.60. The third-order valence-corrected chi connectivity index (χ3v) is 2.09. The molecule has 0 atom stereocenters. The van der Waals surface area contributed by atoms with E-state index in [1.165, 1.54) is 12.8 Å². The third-order valence-electron chi connectivity index (χ3n) is 1.88. The summed E-state index contributed by atoms with van der Waals surface area (Å²) in [7, 11) is 0. The lowest BCUT2D eigenvalue weighted by molar-refractivity contribution is 0.299. The Morgan fingerprint density at radius 2 is 2.42 bits per heavy atom. The third kappa shape index (κ3) is 2.11. The molecule has 3 heteroatoms. The molecule has 0 spiro atoms. The van der Waals surface area contributed by atoms with Crippen LogP contribution in [0.15, 0.2) is 18.3 Å². The van der Waals surface area contributed by atoms with E-state index < -0.39 is 0 Å². The standard InChI is InChI=1S/C9H10ClNO/c10-9-5-8(3-4-11-9)12-6-7-1-2-7/h3-5,7H,1-2,6H2. The van der Waals surface area contributed by atoms with Gasteiger partial charge in [0, 0.05) is 12.3 Å². The highest BCUT2D eigenvalue weighted by Crippen LogP contribution is 2.29. The molecule has 0 saturated heterocycles. The molecule has 0 N–H and O–H groups in total. The number of ether oxygens (including phenoxy) is 1. The molecule has 1 saturated carbocycles. The summed E-state index contributed by atoms with van der Waals surface area (Å²) in [5, 5.41) is 0.489. The molecular weight excluding hydrogens is 174 g/mol. The maximum atomic E-state index is 5.68. The fourth-order valence-electron chi connectivity index (χ4n) is 0.973. The zero-order valence-corrected chi connectivity index (χ0v) is 7.42. The Balaban J connectivity index is 1.92. The predicted molar refractivity (Wildman–Crippen MR) is 47.5 cm³/mol. The minimum Gasteiger partial charge on any atom is -0.493 e. The smallest absolute Gasteiger partial charge is 0.132 e. The molecule has 0 aliphatic heterocycles. The second kappa shape index (κ2) is 3.31. The van der Waals surface area contributed by atoms with E-state index in [-0.39, 0.29) is 0 Å². The van der Waals surface area contributed by atoms with Gasteiger partial charge in [-0.05, 0) is 24.8 Å². The molecule has 0 bridgehead atoms. The van der Waals surface area contributed by atoms with Gasteiger partial charge in [0.25, 0.3) is 0 Å². The fraction of sp³-hybridized carbons (Fsp3) is 0.444. The van der Waals surface area contributed by atoms with Gasteiger partial charge in [-0.15, -0.1) is 0 Å². The van der Waals surface area contributed by atoms with Crippen LogP contribution in [0.25, 0.3) is 0 Å². The molecule has 1 fully saturated rings. The molecule has 0 unspecified atom stereocenters. The first kappa shape index (κ1) is 7.87. The molecule has 12 heavy (non-hydrogen) atoms. The van der Waals surface area contributed by atoms with Crippen molar-refractivity contribution in [2.45, 2.75) is 12.8 Å². The topological polar surface area (TPSA) is 22.1 Å². The van der Waals surface area contributed by atoms with Crippen molar-refractivity contribution >= 4 is 11.6 Å². The Hall–Kier alpha value is -0.760.